The van der Waals surface area contributed by atoms with Gasteiger partial charge in [-0.2, -0.15) is 0 Å². The normalized spacial score (nSPS) is 20.5. The number of hydrogen-bond donors (Lipinski definition) is 1. The van der Waals surface area contributed by atoms with Crippen molar-refractivity contribution in [2.24, 2.45) is 0 Å². The fourth-order valence-electron chi connectivity index (χ4n) is 3.79. The predicted molar refractivity (Wildman–Crippen MR) is 97.3 cm³/mol. The number of rotatable bonds is 4. The Labute approximate surface area is 147 Å². The number of carbonyl (C=O) groups is 1. The smallest absolute Gasteiger partial charge is 0.226 e. The molecule has 4 nitrogen and oxygen atoms in total. The summed E-state index contributed by atoms with van der Waals surface area (Å²) in [6.45, 7) is 0. The summed E-state index contributed by atoms with van der Waals surface area (Å²) in [5.74, 6) is 0.649. The van der Waals surface area contributed by atoms with Crippen LogP contribution in [0.5, 0.6) is 0 Å². The summed E-state index contributed by atoms with van der Waals surface area (Å²) in [6.07, 6.45) is 4.59. The van der Waals surface area contributed by atoms with Gasteiger partial charge in [0.2, 0.25) is 5.91 Å². The number of nitrogens with one attached hydrogen (secondary N) is 1. The van der Waals surface area contributed by atoms with Crippen LogP contribution in [0.2, 0.25) is 0 Å². The Kier molecular flexibility index (Phi) is 4.51. The van der Waals surface area contributed by atoms with Crippen LogP contribution in [-0.2, 0) is 11.2 Å². The number of hydrogen-bond acceptors (Lipinski definition) is 3. The lowest BCUT2D eigenvalue weighted by Crippen LogP contribution is -2.38. The van der Waals surface area contributed by atoms with E-state index in [0.717, 1.165) is 36.7 Å². The summed E-state index contributed by atoms with van der Waals surface area (Å²) in [7, 11) is 0. The molecule has 0 atom stereocenters. The van der Waals surface area contributed by atoms with E-state index in [0.29, 0.717) is 11.6 Å². The molecule has 3 aromatic rings. The second-order valence-corrected chi connectivity index (χ2v) is 6.83. The van der Waals surface area contributed by atoms with E-state index in [-0.39, 0.29) is 18.4 Å². The van der Waals surface area contributed by atoms with E-state index in [9.17, 15) is 4.79 Å². The molecule has 4 rings (SSSR count). The molecule has 0 bridgehead atoms. The molecule has 4 heteroatoms. The molecule has 1 N–H and O–H groups in total. The molecule has 128 valence electrons. The van der Waals surface area contributed by atoms with E-state index in [4.69, 9.17) is 4.52 Å². The minimum absolute atomic E-state index is 0.0298. The number of fused-ring (bicyclic) bond motifs is 1. The van der Waals surface area contributed by atoms with Crippen LogP contribution in [0.15, 0.2) is 59.1 Å². The number of benzene rings is 2. The lowest BCUT2D eigenvalue weighted by molar-refractivity contribution is -0.121. The van der Waals surface area contributed by atoms with Crippen LogP contribution >= 0.6 is 0 Å². The second-order valence-electron chi connectivity index (χ2n) is 6.83. The van der Waals surface area contributed by atoms with E-state index >= 15 is 0 Å². The fraction of sp³-hybridized carbons (Fsp3) is 0.333. The van der Waals surface area contributed by atoms with Gasteiger partial charge in [0.1, 0.15) is 5.69 Å². The average molecular weight is 334 g/mol. The molecule has 0 radical (unpaired) electrons. The number of aromatic nitrogens is 1. The quantitative estimate of drug-likeness (QED) is 0.777. The van der Waals surface area contributed by atoms with Gasteiger partial charge in [-0.15, -0.1) is 0 Å². The molecule has 0 saturated heterocycles. The van der Waals surface area contributed by atoms with Crippen LogP contribution in [0.3, 0.4) is 0 Å². The monoisotopic (exact) mass is 334 g/mol. The zero-order chi connectivity index (χ0) is 17.1. The second kappa shape index (κ2) is 7.09. The summed E-state index contributed by atoms with van der Waals surface area (Å²) in [6, 6.07) is 18.6. The number of nitrogens with zero attached hydrogens (tertiary/aromatic N) is 1. The predicted octanol–water partition coefficient (Wildman–Crippen LogP) is 4.21. The Bertz CT molecular complexity index is 848. The summed E-state index contributed by atoms with van der Waals surface area (Å²) in [5, 5.41) is 8.14. The van der Waals surface area contributed by atoms with Gasteiger partial charge in [0, 0.05) is 11.4 Å². The number of para-hydroxylation sites is 1. The minimum Gasteiger partial charge on any atom is -0.356 e. The highest BCUT2D eigenvalue weighted by atomic mass is 16.5. The van der Waals surface area contributed by atoms with Crippen molar-refractivity contribution in [2.45, 2.75) is 44.1 Å². The third kappa shape index (κ3) is 3.58. The Morgan fingerprint density at radius 3 is 2.52 bits per heavy atom. The maximum Gasteiger partial charge on any atom is 0.226 e. The average Bonchev–Trinajstić information content (AvgIpc) is 3.06. The van der Waals surface area contributed by atoms with Gasteiger partial charge in [-0.1, -0.05) is 47.6 Å². The van der Waals surface area contributed by atoms with Crippen LogP contribution in [-0.4, -0.2) is 17.1 Å². The molecule has 1 aliphatic rings. The standard InChI is InChI=1S/C21H22N2O2/c24-21(14-19-18-8-4-5-9-20(18)25-23-19)22-17-12-10-16(11-13-17)15-6-2-1-3-7-15/h1-9,16-17H,10-14H2,(H,22,24). The van der Waals surface area contributed by atoms with Crippen LogP contribution < -0.4 is 5.32 Å². The maximum absolute atomic E-state index is 12.4. The SMILES string of the molecule is O=C(Cc1noc2ccccc12)NC1CCC(c2ccccc2)CC1. The molecule has 25 heavy (non-hydrogen) atoms. The zero-order valence-electron chi connectivity index (χ0n) is 14.2. The van der Waals surface area contributed by atoms with E-state index in [1.807, 2.05) is 24.3 Å². The van der Waals surface area contributed by atoms with Crippen molar-refractivity contribution in [3.8, 4) is 0 Å². The molecule has 2 aromatic carbocycles. The van der Waals surface area contributed by atoms with Crippen LogP contribution in [0.4, 0.5) is 0 Å². The number of amides is 1. The Hall–Kier alpha value is -2.62. The first-order valence-electron chi connectivity index (χ1n) is 8.97. The first-order valence-corrected chi connectivity index (χ1v) is 8.97. The molecule has 0 aliphatic heterocycles. The van der Waals surface area contributed by atoms with Crippen LogP contribution in [0, 0.1) is 0 Å². The van der Waals surface area contributed by atoms with Crippen molar-refractivity contribution in [1.29, 1.82) is 0 Å². The van der Waals surface area contributed by atoms with Crippen molar-refractivity contribution in [2.75, 3.05) is 0 Å². The van der Waals surface area contributed by atoms with Gasteiger partial charge in [0.25, 0.3) is 0 Å². The third-order valence-corrected chi connectivity index (χ3v) is 5.14. The molecule has 1 fully saturated rings. The lowest BCUT2D eigenvalue weighted by atomic mass is 9.82. The van der Waals surface area contributed by atoms with E-state index in [2.05, 4.69) is 40.8 Å². The van der Waals surface area contributed by atoms with E-state index < -0.39 is 0 Å². The molecule has 1 aromatic heterocycles. The fourth-order valence-corrected chi connectivity index (χ4v) is 3.79. The van der Waals surface area contributed by atoms with Gasteiger partial charge < -0.3 is 9.84 Å². The zero-order valence-corrected chi connectivity index (χ0v) is 14.2. The van der Waals surface area contributed by atoms with Crippen molar-refractivity contribution in [3.63, 3.8) is 0 Å². The Balaban J connectivity index is 1.32. The molecule has 1 heterocycles. The van der Waals surface area contributed by atoms with Gasteiger partial charge in [0.15, 0.2) is 5.58 Å². The third-order valence-electron chi connectivity index (χ3n) is 5.14. The first kappa shape index (κ1) is 15.9. The minimum atomic E-state index is 0.0298. The van der Waals surface area contributed by atoms with Gasteiger partial charge in [-0.05, 0) is 49.3 Å². The van der Waals surface area contributed by atoms with Crippen molar-refractivity contribution in [3.05, 3.63) is 65.9 Å². The molecule has 0 spiro atoms. The lowest BCUT2D eigenvalue weighted by Gasteiger charge is -2.29. The van der Waals surface area contributed by atoms with Gasteiger partial charge in [-0.3, -0.25) is 4.79 Å². The van der Waals surface area contributed by atoms with Crippen LogP contribution in [0.25, 0.3) is 11.0 Å². The molecular formula is C21H22N2O2. The van der Waals surface area contributed by atoms with Gasteiger partial charge >= 0.3 is 0 Å². The van der Waals surface area contributed by atoms with Gasteiger partial charge in [-0.25, -0.2) is 0 Å². The van der Waals surface area contributed by atoms with Crippen molar-refractivity contribution in [1.82, 2.24) is 10.5 Å². The van der Waals surface area contributed by atoms with Crippen molar-refractivity contribution < 1.29 is 9.32 Å². The summed E-state index contributed by atoms with van der Waals surface area (Å²) < 4.78 is 5.27. The summed E-state index contributed by atoms with van der Waals surface area (Å²) >= 11 is 0. The Morgan fingerprint density at radius 1 is 1.00 bits per heavy atom. The highest BCUT2D eigenvalue weighted by molar-refractivity contribution is 5.86. The largest absolute Gasteiger partial charge is 0.356 e. The number of carbonyl (C=O) groups excluding carboxylic acids is 1. The van der Waals surface area contributed by atoms with Crippen LogP contribution in [0.1, 0.15) is 42.9 Å². The molecule has 1 aliphatic carbocycles. The highest BCUT2D eigenvalue weighted by Gasteiger charge is 2.24. The Morgan fingerprint density at radius 2 is 1.72 bits per heavy atom. The van der Waals surface area contributed by atoms with Gasteiger partial charge in [0.05, 0.1) is 6.42 Å². The highest BCUT2D eigenvalue weighted by Crippen LogP contribution is 2.32. The first-order chi connectivity index (χ1) is 12.3. The molecule has 1 amide bonds. The van der Waals surface area contributed by atoms with E-state index in [1.165, 1.54) is 5.56 Å². The topological polar surface area (TPSA) is 55.1 Å². The van der Waals surface area contributed by atoms with E-state index in [1.54, 1.807) is 0 Å². The maximum atomic E-state index is 12.4. The van der Waals surface area contributed by atoms with Crippen molar-refractivity contribution >= 4 is 16.9 Å². The summed E-state index contributed by atoms with van der Waals surface area (Å²) in [5.41, 5.74) is 2.86. The summed E-state index contributed by atoms with van der Waals surface area (Å²) in [4.78, 5) is 12.4. The molecule has 0 unspecified atom stereocenters. The molecular weight excluding hydrogens is 312 g/mol. The molecule has 1 saturated carbocycles.